The van der Waals surface area contributed by atoms with E-state index in [1.165, 1.54) is 0 Å². The Bertz CT molecular complexity index is 227. The van der Waals surface area contributed by atoms with E-state index < -0.39 is 0 Å². The molecule has 0 aromatic rings. The normalized spacial score (nSPS) is 35.7. The summed E-state index contributed by atoms with van der Waals surface area (Å²) < 4.78 is 5.35. The van der Waals surface area contributed by atoms with E-state index in [4.69, 9.17) is 4.74 Å². The maximum atomic E-state index is 11.8. The summed E-state index contributed by atoms with van der Waals surface area (Å²) in [7, 11) is 1.73. The number of rotatable bonds is 3. The monoisotopic (exact) mass is 212 g/mol. The van der Waals surface area contributed by atoms with Gasteiger partial charge in [-0.2, -0.15) is 0 Å². The highest BCUT2D eigenvalue weighted by Gasteiger charge is 2.31. The molecule has 1 saturated carbocycles. The van der Waals surface area contributed by atoms with Gasteiger partial charge in [0.05, 0.1) is 18.2 Å². The highest BCUT2D eigenvalue weighted by Crippen LogP contribution is 2.21. The Balaban J connectivity index is 1.82. The number of nitrogens with one attached hydrogen (secondary N) is 2. The summed E-state index contributed by atoms with van der Waals surface area (Å²) in [6.07, 6.45) is 5.57. The minimum Gasteiger partial charge on any atom is -0.379 e. The van der Waals surface area contributed by atoms with Crippen LogP contribution in [-0.4, -0.2) is 37.7 Å². The Kier molecular flexibility index (Phi) is 3.59. The molecule has 1 aliphatic heterocycles. The Labute approximate surface area is 90.8 Å². The number of hydrogen-bond acceptors (Lipinski definition) is 3. The van der Waals surface area contributed by atoms with Crippen LogP contribution in [0.3, 0.4) is 0 Å². The largest absolute Gasteiger partial charge is 0.379 e. The molecule has 1 saturated heterocycles. The van der Waals surface area contributed by atoms with Crippen molar-refractivity contribution in [2.45, 2.75) is 50.3 Å². The number of carbonyl (C=O) groups excluding carboxylic acids is 1. The van der Waals surface area contributed by atoms with Crippen LogP contribution in [0.5, 0.6) is 0 Å². The predicted octanol–water partition coefficient (Wildman–Crippen LogP) is 0.422. The third kappa shape index (κ3) is 2.49. The van der Waals surface area contributed by atoms with Crippen molar-refractivity contribution in [3.63, 3.8) is 0 Å². The zero-order valence-corrected chi connectivity index (χ0v) is 9.29. The average molecular weight is 212 g/mol. The van der Waals surface area contributed by atoms with Gasteiger partial charge in [-0.15, -0.1) is 0 Å². The molecule has 0 radical (unpaired) electrons. The molecule has 2 fully saturated rings. The molecule has 2 rings (SSSR count). The molecular weight excluding hydrogens is 192 g/mol. The minimum atomic E-state index is 0.0307. The van der Waals surface area contributed by atoms with Crippen LogP contribution < -0.4 is 10.6 Å². The molecule has 1 aliphatic carbocycles. The Morgan fingerprint density at radius 1 is 1.33 bits per heavy atom. The number of amides is 1. The summed E-state index contributed by atoms with van der Waals surface area (Å²) in [6.45, 7) is 0.969. The molecule has 0 aromatic carbocycles. The van der Waals surface area contributed by atoms with Gasteiger partial charge in [0.1, 0.15) is 0 Å². The summed E-state index contributed by atoms with van der Waals surface area (Å²) in [5, 5.41) is 6.31. The fourth-order valence-corrected chi connectivity index (χ4v) is 2.56. The highest BCUT2D eigenvalue weighted by atomic mass is 16.5. The second-order valence-corrected chi connectivity index (χ2v) is 4.47. The molecule has 86 valence electrons. The Morgan fingerprint density at radius 3 is 2.87 bits per heavy atom. The van der Waals surface area contributed by atoms with Gasteiger partial charge >= 0.3 is 0 Å². The quantitative estimate of drug-likeness (QED) is 0.713. The van der Waals surface area contributed by atoms with E-state index in [9.17, 15) is 4.79 Å². The first kappa shape index (κ1) is 10.9. The van der Waals surface area contributed by atoms with Crippen LogP contribution >= 0.6 is 0 Å². The molecule has 3 atom stereocenters. The van der Waals surface area contributed by atoms with Crippen molar-refractivity contribution in [1.29, 1.82) is 0 Å². The standard InChI is InChI=1S/C11H20N2O2/c1-15-10-6-2-4-8(10)13-11(14)9-5-3-7-12-9/h8-10,12H,2-7H2,1H3,(H,13,14)/t8?,9-,10?/m0/s1. The second-order valence-electron chi connectivity index (χ2n) is 4.47. The van der Waals surface area contributed by atoms with E-state index in [0.717, 1.165) is 38.6 Å². The topological polar surface area (TPSA) is 50.4 Å². The van der Waals surface area contributed by atoms with Gasteiger partial charge < -0.3 is 15.4 Å². The van der Waals surface area contributed by atoms with E-state index >= 15 is 0 Å². The van der Waals surface area contributed by atoms with Gasteiger partial charge in [0.25, 0.3) is 0 Å². The van der Waals surface area contributed by atoms with E-state index in [1.807, 2.05) is 0 Å². The average Bonchev–Trinajstić information content (AvgIpc) is 2.87. The maximum absolute atomic E-state index is 11.8. The zero-order chi connectivity index (χ0) is 10.7. The van der Waals surface area contributed by atoms with Gasteiger partial charge in [0, 0.05) is 7.11 Å². The number of ether oxygens (including phenoxy) is 1. The zero-order valence-electron chi connectivity index (χ0n) is 9.29. The second kappa shape index (κ2) is 4.94. The molecule has 2 unspecified atom stereocenters. The molecule has 0 spiro atoms. The van der Waals surface area contributed by atoms with Gasteiger partial charge in [-0.05, 0) is 38.6 Å². The fourth-order valence-electron chi connectivity index (χ4n) is 2.56. The van der Waals surface area contributed by atoms with Crippen LogP contribution in [0.25, 0.3) is 0 Å². The van der Waals surface area contributed by atoms with E-state index in [0.29, 0.717) is 0 Å². The van der Waals surface area contributed by atoms with Gasteiger partial charge in [-0.1, -0.05) is 0 Å². The molecule has 15 heavy (non-hydrogen) atoms. The molecule has 0 bridgehead atoms. The number of methoxy groups -OCH3 is 1. The van der Waals surface area contributed by atoms with Crippen LogP contribution in [0, 0.1) is 0 Å². The molecule has 4 nitrogen and oxygen atoms in total. The predicted molar refractivity (Wildman–Crippen MR) is 57.6 cm³/mol. The van der Waals surface area contributed by atoms with Crippen molar-refractivity contribution < 1.29 is 9.53 Å². The third-order valence-electron chi connectivity index (χ3n) is 3.46. The van der Waals surface area contributed by atoms with Crippen molar-refractivity contribution in [2.75, 3.05) is 13.7 Å². The van der Waals surface area contributed by atoms with Crippen LogP contribution in [-0.2, 0) is 9.53 Å². The fraction of sp³-hybridized carbons (Fsp3) is 0.909. The molecular formula is C11H20N2O2. The molecule has 0 aromatic heterocycles. The number of hydrogen-bond donors (Lipinski definition) is 2. The minimum absolute atomic E-state index is 0.0307. The van der Waals surface area contributed by atoms with Gasteiger partial charge in [0.15, 0.2) is 0 Å². The summed E-state index contributed by atoms with van der Waals surface area (Å²) in [4.78, 5) is 11.8. The van der Waals surface area contributed by atoms with Crippen LogP contribution in [0.1, 0.15) is 32.1 Å². The van der Waals surface area contributed by atoms with Crippen molar-refractivity contribution in [2.24, 2.45) is 0 Å². The first-order chi connectivity index (χ1) is 7.31. The van der Waals surface area contributed by atoms with Crippen molar-refractivity contribution >= 4 is 5.91 Å². The smallest absolute Gasteiger partial charge is 0.237 e. The SMILES string of the molecule is COC1CCCC1NC(=O)[C@@H]1CCCN1. The number of carbonyl (C=O) groups is 1. The summed E-state index contributed by atoms with van der Waals surface area (Å²) >= 11 is 0. The van der Waals surface area contributed by atoms with Crippen LogP contribution in [0.2, 0.25) is 0 Å². The maximum Gasteiger partial charge on any atom is 0.237 e. The van der Waals surface area contributed by atoms with E-state index in [1.54, 1.807) is 7.11 Å². The van der Waals surface area contributed by atoms with Gasteiger partial charge in [-0.25, -0.2) is 0 Å². The summed E-state index contributed by atoms with van der Waals surface area (Å²) in [6, 6.07) is 0.257. The summed E-state index contributed by atoms with van der Waals surface area (Å²) in [5.74, 6) is 0.154. The third-order valence-corrected chi connectivity index (χ3v) is 3.46. The van der Waals surface area contributed by atoms with Crippen LogP contribution in [0.15, 0.2) is 0 Å². The van der Waals surface area contributed by atoms with Crippen LogP contribution in [0.4, 0.5) is 0 Å². The molecule has 4 heteroatoms. The van der Waals surface area contributed by atoms with Gasteiger partial charge in [0.2, 0.25) is 5.91 Å². The van der Waals surface area contributed by atoms with E-state index in [-0.39, 0.29) is 24.1 Å². The molecule has 1 amide bonds. The first-order valence-electron chi connectivity index (χ1n) is 5.88. The van der Waals surface area contributed by atoms with Crippen molar-refractivity contribution in [3.05, 3.63) is 0 Å². The first-order valence-corrected chi connectivity index (χ1v) is 5.88. The molecule has 2 aliphatic rings. The van der Waals surface area contributed by atoms with Crippen molar-refractivity contribution in [3.8, 4) is 0 Å². The highest BCUT2D eigenvalue weighted by molar-refractivity contribution is 5.82. The Hall–Kier alpha value is -0.610. The lowest BCUT2D eigenvalue weighted by Crippen LogP contribution is -2.48. The summed E-state index contributed by atoms with van der Waals surface area (Å²) in [5.41, 5.74) is 0. The lowest BCUT2D eigenvalue weighted by molar-refractivity contribution is -0.124. The molecule has 2 N–H and O–H groups in total. The van der Waals surface area contributed by atoms with E-state index in [2.05, 4.69) is 10.6 Å². The Morgan fingerprint density at radius 2 is 2.20 bits per heavy atom. The van der Waals surface area contributed by atoms with Gasteiger partial charge in [-0.3, -0.25) is 4.79 Å². The van der Waals surface area contributed by atoms with Crippen molar-refractivity contribution in [1.82, 2.24) is 10.6 Å². The molecule has 1 heterocycles. The lowest BCUT2D eigenvalue weighted by atomic mass is 10.1. The lowest BCUT2D eigenvalue weighted by Gasteiger charge is -2.21.